The lowest BCUT2D eigenvalue weighted by Crippen LogP contribution is -2.21. The molecule has 0 spiro atoms. The minimum Gasteiger partial charge on any atom is -0.503 e. The number of H-pyrrole nitrogens is 1. The summed E-state index contributed by atoms with van der Waals surface area (Å²) in [5, 5.41) is 14.1. The number of amides is 1. The number of aromatic nitrogens is 1. The largest absolute Gasteiger partial charge is 0.503 e. The topological polar surface area (TPSA) is 96.2 Å². The van der Waals surface area contributed by atoms with E-state index < -0.39 is 21.8 Å². The number of hydrogen-bond acceptors (Lipinski definition) is 3. The number of hydrogen-bond donors (Lipinski definition) is 3. The minimum atomic E-state index is -0.824. The third kappa shape index (κ3) is 1.66. The van der Waals surface area contributed by atoms with Gasteiger partial charge in [0.05, 0.1) is 10.5 Å². The van der Waals surface area contributed by atoms with Gasteiger partial charge in [0, 0.05) is 13.1 Å². The summed E-state index contributed by atoms with van der Waals surface area (Å²) in [7, 11) is -0.645. The molecule has 0 saturated carbocycles. The van der Waals surface area contributed by atoms with Crippen molar-refractivity contribution in [3.05, 3.63) is 27.4 Å². The van der Waals surface area contributed by atoms with Crippen molar-refractivity contribution in [1.29, 1.82) is 0 Å². The van der Waals surface area contributed by atoms with Crippen LogP contribution in [0.25, 0.3) is 10.2 Å². The first-order chi connectivity index (χ1) is 8.06. The second-order valence-electron chi connectivity index (χ2n) is 3.29. The highest BCUT2D eigenvalue weighted by molar-refractivity contribution is 7.41. The highest BCUT2D eigenvalue weighted by Crippen LogP contribution is 2.35. The van der Waals surface area contributed by atoms with Crippen LogP contribution in [0.5, 0.6) is 5.75 Å². The molecule has 2 rings (SSSR count). The van der Waals surface area contributed by atoms with E-state index in [1.165, 1.54) is 11.6 Å². The Labute approximate surface area is 98.9 Å². The number of thiophene rings is 1. The first-order valence-corrected chi connectivity index (χ1v) is 5.97. The first-order valence-electron chi connectivity index (χ1n) is 4.68. The highest BCUT2D eigenvalue weighted by atomic mass is 32.2. The predicted molar refractivity (Wildman–Crippen MR) is 66.1 cm³/mol. The van der Waals surface area contributed by atoms with Gasteiger partial charge in [0.2, 0.25) is 5.43 Å². The number of rotatable bonds is 1. The zero-order valence-electron chi connectivity index (χ0n) is 8.90. The number of primary amides is 1. The second kappa shape index (κ2) is 3.96. The van der Waals surface area contributed by atoms with Gasteiger partial charge in [0.1, 0.15) is 10.9 Å². The molecule has 0 fully saturated rings. The lowest BCUT2D eigenvalue weighted by atomic mass is 10.2. The van der Waals surface area contributed by atoms with Gasteiger partial charge in [0.25, 0.3) is 10.7 Å². The number of aromatic hydroxyl groups is 1. The molecule has 1 unspecified atom stereocenters. The molecule has 6 heteroatoms. The second-order valence-corrected chi connectivity index (χ2v) is 4.82. The Bertz CT molecular complexity index is 731. The fourth-order valence-corrected chi connectivity index (χ4v) is 2.97. The Balaban J connectivity index is 2.92. The Morgan fingerprint density at radius 1 is 1.59 bits per heavy atom. The standard InChI is InChI=1S/C11H8N2O3S/c1-2-3-17-5-7(14)8-9(15)6(10(12)16)4-13-11(8)17/h4-5H,1H3,(H3-,12,13,14,15,16)/p+1. The lowest BCUT2D eigenvalue weighted by Gasteiger charge is -1.92. The summed E-state index contributed by atoms with van der Waals surface area (Å²) in [6.45, 7) is 1.67. The van der Waals surface area contributed by atoms with Gasteiger partial charge in [-0.15, -0.1) is 0 Å². The zero-order chi connectivity index (χ0) is 12.6. The van der Waals surface area contributed by atoms with Crippen LogP contribution in [0.3, 0.4) is 0 Å². The van der Waals surface area contributed by atoms with Crippen molar-refractivity contribution in [2.45, 2.75) is 6.92 Å². The van der Waals surface area contributed by atoms with Crippen molar-refractivity contribution in [2.24, 2.45) is 5.73 Å². The van der Waals surface area contributed by atoms with Gasteiger partial charge in [0.15, 0.2) is 16.4 Å². The van der Waals surface area contributed by atoms with E-state index in [9.17, 15) is 14.7 Å². The van der Waals surface area contributed by atoms with Crippen LogP contribution < -0.4 is 11.2 Å². The molecular formula is C11H9N2O3S+. The average molecular weight is 249 g/mol. The van der Waals surface area contributed by atoms with Crippen LogP contribution in [0.15, 0.2) is 16.4 Å². The number of nitrogens with two attached hydrogens (primary N) is 1. The third-order valence-corrected chi connectivity index (χ3v) is 3.87. The maximum atomic E-state index is 11.9. The number of aromatic amines is 1. The van der Waals surface area contributed by atoms with E-state index in [4.69, 9.17) is 5.73 Å². The molecule has 2 heterocycles. The van der Waals surface area contributed by atoms with E-state index in [0.29, 0.717) is 4.83 Å². The van der Waals surface area contributed by atoms with E-state index in [-0.39, 0.29) is 16.7 Å². The number of fused-ring (bicyclic) bond motifs is 1. The molecule has 1 atom stereocenters. The number of carbonyl (C=O) groups excluding carboxylic acids is 1. The van der Waals surface area contributed by atoms with Crippen LogP contribution in [0.1, 0.15) is 17.3 Å². The van der Waals surface area contributed by atoms with Crippen LogP contribution in [-0.4, -0.2) is 16.0 Å². The normalized spacial score (nSPS) is 11.0. The van der Waals surface area contributed by atoms with E-state index in [1.54, 1.807) is 6.92 Å². The SMILES string of the molecule is CC#C[s+]1cc(O)c2c(=O)c(C(N)=O)c[nH]c21. The van der Waals surface area contributed by atoms with Gasteiger partial charge in [-0.3, -0.25) is 9.59 Å². The molecule has 0 aliphatic carbocycles. The summed E-state index contributed by atoms with van der Waals surface area (Å²) in [5.41, 5.74) is 4.33. The van der Waals surface area contributed by atoms with Crippen LogP contribution in [0, 0.1) is 11.2 Å². The van der Waals surface area contributed by atoms with Gasteiger partial charge < -0.3 is 15.8 Å². The molecule has 86 valence electrons. The maximum absolute atomic E-state index is 11.9. The van der Waals surface area contributed by atoms with Gasteiger partial charge in [-0.1, -0.05) is 0 Å². The molecule has 17 heavy (non-hydrogen) atoms. The van der Waals surface area contributed by atoms with Crippen molar-refractivity contribution < 1.29 is 9.90 Å². The maximum Gasteiger partial charge on any atom is 0.274 e. The molecule has 0 aliphatic rings. The highest BCUT2D eigenvalue weighted by Gasteiger charge is 2.23. The predicted octanol–water partition coefficient (Wildman–Crippen LogP) is 0.911. The molecular weight excluding hydrogens is 240 g/mol. The zero-order valence-corrected chi connectivity index (χ0v) is 9.72. The lowest BCUT2D eigenvalue weighted by molar-refractivity contribution is 0.0999. The molecule has 0 bridgehead atoms. The first kappa shape index (κ1) is 11.2. The summed E-state index contributed by atoms with van der Waals surface area (Å²) >= 11 is 0. The van der Waals surface area contributed by atoms with Gasteiger partial charge in [-0.05, 0) is 5.92 Å². The number of nitrogens with one attached hydrogen (secondary N) is 1. The van der Waals surface area contributed by atoms with Crippen molar-refractivity contribution in [3.8, 4) is 16.9 Å². The average Bonchev–Trinajstić information content (AvgIpc) is 2.57. The third-order valence-electron chi connectivity index (χ3n) is 2.23. The smallest absolute Gasteiger partial charge is 0.274 e. The van der Waals surface area contributed by atoms with E-state index in [2.05, 4.69) is 16.2 Å². The summed E-state index contributed by atoms with van der Waals surface area (Å²) < 4.78 is 0. The monoisotopic (exact) mass is 249 g/mol. The molecule has 4 N–H and O–H groups in total. The Kier molecular flexibility index (Phi) is 2.61. The van der Waals surface area contributed by atoms with E-state index in [0.717, 1.165) is 0 Å². The van der Waals surface area contributed by atoms with Crippen LogP contribution in [0.4, 0.5) is 0 Å². The summed E-state index contributed by atoms with van der Waals surface area (Å²) in [6.07, 6.45) is 1.26. The number of pyridine rings is 1. The molecule has 1 amide bonds. The van der Waals surface area contributed by atoms with Crippen molar-refractivity contribution in [2.75, 3.05) is 0 Å². The van der Waals surface area contributed by atoms with Crippen molar-refractivity contribution in [1.82, 2.24) is 4.98 Å². The summed E-state index contributed by atoms with van der Waals surface area (Å²) in [5.74, 6) is 1.74. The van der Waals surface area contributed by atoms with E-state index in [1.807, 2.05) is 0 Å². The Morgan fingerprint density at radius 2 is 2.29 bits per heavy atom. The minimum absolute atomic E-state index is 0.0902. The van der Waals surface area contributed by atoms with Crippen molar-refractivity contribution >= 4 is 26.6 Å². The molecule has 0 aromatic carbocycles. The van der Waals surface area contributed by atoms with Gasteiger partial charge >= 0.3 is 0 Å². The van der Waals surface area contributed by atoms with Crippen molar-refractivity contribution in [3.63, 3.8) is 0 Å². The van der Waals surface area contributed by atoms with Crippen LogP contribution in [-0.2, 0) is 0 Å². The molecule has 2 aromatic heterocycles. The van der Waals surface area contributed by atoms with Crippen LogP contribution in [0.2, 0.25) is 0 Å². The molecule has 0 radical (unpaired) electrons. The molecule has 0 aliphatic heterocycles. The van der Waals surface area contributed by atoms with Gasteiger partial charge in [-0.25, -0.2) is 0 Å². The molecule has 5 nitrogen and oxygen atoms in total. The summed E-state index contributed by atoms with van der Waals surface area (Å²) in [6, 6.07) is 0. The fraction of sp³-hybridized carbons (Fsp3) is 0.0909. The Hall–Kier alpha value is -2.26. The quantitative estimate of drug-likeness (QED) is 0.517. The van der Waals surface area contributed by atoms with Crippen LogP contribution >= 0.6 is 10.5 Å². The van der Waals surface area contributed by atoms with E-state index >= 15 is 0 Å². The molecule has 0 saturated heterocycles. The summed E-state index contributed by atoms with van der Waals surface area (Å²) in [4.78, 5) is 26.2. The molecule has 2 aromatic rings. The number of carbonyl (C=O) groups is 1. The Morgan fingerprint density at radius 3 is 2.88 bits per heavy atom. The van der Waals surface area contributed by atoms with Gasteiger partial charge in [-0.2, -0.15) is 0 Å². The fourth-order valence-electron chi connectivity index (χ4n) is 1.52.